The summed E-state index contributed by atoms with van der Waals surface area (Å²) < 4.78 is 23.2. The Morgan fingerprint density at radius 2 is 1.88 bits per heavy atom. The fraction of sp³-hybridized carbons (Fsp3) is 0.278. The van der Waals surface area contributed by atoms with Gasteiger partial charge in [0.25, 0.3) is 0 Å². The van der Waals surface area contributed by atoms with E-state index in [1.54, 1.807) is 13.0 Å². The Bertz CT molecular complexity index is 929. The highest BCUT2D eigenvalue weighted by Crippen LogP contribution is 2.23. The summed E-state index contributed by atoms with van der Waals surface area (Å²) in [4.78, 5) is 14.2. The number of carbonyl (C=O) groups is 1. The number of anilines is 1. The van der Waals surface area contributed by atoms with Gasteiger partial charge in [0.2, 0.25) is 15.9 Å². The largest absolute Gasteiger partial charge is 0.325 e. The van der Waals surface area contributed by atoms with Crippen LogP contribution in [0.1, 0.15) is 16.7 Å². The number of carbonyl (C=O) groups excluding carboxylic acids is 1. The molecule has 0 aromatic heterocycles. The normalized spacial score (nSPS) is 11.6. The summed E-state index contributed by atoms with van der Waals surface area (Å²) in [6, 6.07) is 10.3. The minimum absolute atomic E-state index is 0.0275. The van der Waals surface area contributed by atoms with Crippen molar-refractivity contribution in [3.8, 4) is 0 Å². The maximum Gasteiger partial charge on any atom is 0.238 e. The van der Waals surface area contributed by atoms with E-state index in [1.165, 1.54) is 12.1 Å². The molecular weight excluding hydrogens is 374 g/mol. The molecule has 0 spiro atoms. The Balaban J connectivity index is 2.10. The van der Waals surface area contributed by atoms with Crippen LogP contribution >= 0.6 is 11.6 Å². The van der Waals surface area contributed by atoms with Gasteiger partial charge in [-0.15, -0.1) is 0 Å². The van der Waals surface area contributed by atoms with Crippen molar-refractivity contribution in [2.75, 3.05) is 18.9 Å². The van der Waals surface area contributed by atoms with Crippen LogP contribution in [0.5, 0.6) is 0 Å². The van der Waals surface area contributed by atoms with Gasteiger partial charge >= 0.3 is 0 Å². The van der Waals surface area contributed by atoms with Crippen LogP contribution in [0.3, 0.4) is 0 Å². The van der Waals surface area contributed by atoms with Crippen LogP contribution in [0.25, 0.3) is 0 Å². The third kappa shape index (κ3) is 5.28. The van der Waals surface area contributed by atoms with Crippen LogP contribution in [-0.4, -0.2) is 32.8 Å². The SMILES string of the molecule is Cc1cc(S(N)(=O)=O)cc(NC(=O)CN(C)Cc2ccccc2Cl)c1C. The summed E-state index contributed by atoms with van der Waals surface area (Å²) in [5.41, 5.74) is 2.88. The van der Waals surface area contributed by atoms with Crippen LogP contribution in [0, 0.1) is 13.8 Å². The van der Waals surface area contributed by atoms with Crippen molar-refractivity contribution in [2.45, 2.75) is 25.3 Å². The van der Waals surface area contributed by atoms with Gasteiger partial charge in [0.05, 0.1) is 11.4 Å². The highest BCUT2D eigenvalue weighted by Gasteiger charge is 2.15. The van der Waals surface area contributed by atoms with Gasteiger partial charge in [0.15, 0.2) is 0 Å². The molecule has 140 valence electrons. The number of aryl methyl sites for hydroxylation is 1. The Hall–Kier alpha value is -1.93. The summed E-state index contributed by atoms with van der Waals surface area (Å²) >= 11 is 6.14. The third-order valence-electron chi connectivity index (χ3n) is 4.06. The number of nitrogens with two attached hydrogens (primary N) is 1. The molecule has 3 N–H and O–H groups in total. The highest BCUT2D eigenvalue weighted by molar-refractivity contribution is 7.89. The first-order valence-corrected chi connectivity index (χ1v) is 9.86. The summed E-state index contributed by atoms with van der Waals surface area (Å²) in [6.45, 7) is 4.22. The molecule has 0 aliphatic carbocycles. The molecule has 0 saturated carbocycles. The molecule has 2 aromatic rings. The number of sulfonamides is 1. The predicted molar refractivity (Wildman–Crippen MR) is 104 cm³/mol. The number of amides is 1. The topological polar surface area (TPSA) is 92.5 Å². The molecule has 0 radical (unpaired) electrons. The lowest BCUT2D eigenvalue weighted by Gasteiger charge is -2.18. The fourth-order valence-corrected chi connectivity index (χ4v) is 3.35. The summed E-state index contributed by atoms with van der Waals surface area (Å²) in [5, 5.41) is 8.60. The average Bonchev–Trinajstić information content (AvgIpc) is 2.52. The van der Waals surface area contributed by atoms with Crippen LogP contribution in [0.4, 0.5) is 5.69 Å². The first kappa shape index (κ1) is 20.4. The molecule has 0 fully saturated rings. The van der Waals surface area contributed by atoms with Crippen molar-refractivity contribution in [1.82, 2.24) is 4.90 Å². The number of benzene rings is 2. The number of hydrogen-bond acceptors (Lipinski definition) is 4. The number of halogens is 1. The lowest BCUT2D eigenvalue weighted by atomic mass is 10.1. The maximum absolute atomic E-state index is 12.4. The Morgan fingerprint density at radius 1 is 1.23 bits per heavy atom. The monoisotopic (exact) mass is 395 g/mol. The molecule has 1 amide bonds. The molecule has 6 nitrogen and oxygen atoms in total. The van der Waals surface area contributed by atoms with Gasteiger partial charge in [-0.25, -0.2) is 13.6 Å². The molecule has 0 unspecified atom stereocenters. The van der Waals surface area contributed by atoms with Gasteiger partial charge in [-0.05, 0) is 55.8 Å². The molecule has 0 aliphatic heterocycles. The Morgan fingerprint density at radius 3 is 2.50 bits per heavy atom. The van der Waals surface area contributed by atoms with Gasteiger partial charge in [0.1, 0.15) is 0 Å². The number of nitrogens with one attached hydrogen (secondary N) is 1. The van der Waals surface area contributed by atoms with Crippen molar-refractivity contribution in [2.24, 2.45) is 5.14 Å². The zero-order chi connectivity index (χ0) is 19.5. The fourth-order valence-electron chi connectivity index (χ4n) is 2.53. The van der Waals surface area contributed by atoms with Gasteiger partial charge in [-0.1, -0.05) is 29.8 Å². The van der Waals surface area contributed by atoms with Gasteiger partial charge < -0.3 is 5.32 Å². The molecule has 2 aromatic carbocycles. The lowest BCUT2D eigenvalue weighted by molar-refractivity contribution is -0.117. The minimum Gasteiger partial charge on any atom is -0.325 e. The lowest BCUT2D eigenvalue weighted by Crippen LogP contribution is -2.30. The predicted octanol–water partition coefficient (Wildman–Crippen LogP) is 2.67. The second kappa shape index (κ2) is 8.18. The van der Waals surface area contributed by atoms with Crippen molar-refractivity contribution in [3.63, 3.8) is 0 Å². The number of hydrogen-bond donors (Lipinski definition) is 2. The Labute approximate surface area is 159 Å². The minimum atomic E-state index is -3.85. The number of likely N-dealkylation sites (N-methyl/N-ethyl adjacent to an activating group) is 1. The first-order valence-electron chi connectivity index (χ1n) is 7.94. The zero-order valence-electron chi connectivity index (χ0n) is 14.9. The van der Waals surface area contributed by atoms with E-state index in [1.807, 2.05) is 37.1 Å². The van der Waals surface area contributed by atoms with Gasteiger partial charge in [-0.2, -0.15) is 0 Å². The molecule has 0 saturated heterocycles. The van der Waals surface area contributed by atoms with Gasteiger partial charge in [-0.3, -0.25) is 9.69 Å². The van der Waals surface area contributed by atoms with Crippen molar-refractivity contribution in [1.29, 1.82) is 0 Å². The molecule has 8 heteroatoms. The van der Waals surface area contributed by atoms with E-state index in [-0.39, 0.29) is 17.3 Å². The van der Waals surface area contributed by atoms with E-state index < -0.39 is 10.0 Å². The van der Waals surface area contributed by atoms with E-state index in [0.29, 0.717) is 17.3 Å². The maximum atomic E-state index is 12.4. The molecule has 2 rings (SSSR count). The smallest absolute Gasteiger partial charge is 0.238 e. The Kier molecular flexibility index (Phi) is 6.41. The molecular formula is C18H22ClN3O3S. The van der Waals surface area contributed by atoms with Crippen LogP contribution in [0.15, 0.2) is 41.3 Å². The van der Waals surface area contributed by atoms with E-state index in [4.69, 9.17) is 16.7 Å². The van der Waals surface area contributed by atoms with Crippen molar-refractivity contribution >= 4 is 33.2 Å². The average molecular weight is 396 g/mol. The second-order valence-corrected chi connectivity index (χ2v) is 8.24. The zero-order valence-corrected chi connectivity index (χ0v) is 16.5. The highest BCUT2D eigenvalue weighted by atomic mass is 35.5. The van der Waals surface area contributed by atoms with Crippen LogP contribution < -0.4 is 10.5 Å². The van der Waals surface area contributed by atoms with E-state index >= 15 is 0 Å². The summed E-state index contributed by atoms with van der Waals surface area (Å²) in [5.74, 6) is -0.256. The summed E-state index contributed by atoms with van der Waals surface area (Å²) in [7, 11) is -2.04. The van der Waals surface area contributed by atoms with E-state index in [2.05, 4.69) is 5.32 Å². The van der Waals surface area contributed by atoms with Crippen LogP contribution in [0.2, 0.25) is 5.02 Å². The molecule has 0 atom stereocenters. The van der Waals surface area contributed by atoms with Gasteiger partial charge in [0, 0.05) is 17.3 Å². The van der Waals surface area contributed by atoms with E-state index in [9.17, 15) is 13.2 Å². The number of nitrogens with zero attached hydrogens (tertiary/aromatic N) is 1. The summed E-state index contributed by atoms with van der Waals surface area (Å²) in [6.07, 6.45) is 0. The quantitative estimate of drug-likeness (QED) is 0.786. The molecule has 0 bridgehead atoms. The molecule has 26 heavy (non-hydrogen) atoms. The first-order chi connectivity index (χ1) is 12.1. The van der Waals surface area contributed by atoms with Crippen LogP contribution in [-0.2, 0) is 21.4 Å². The standard InChI is InChI=1S/C18H22ClN3O3S/c1-12-8-15(26(20,24)25)9-17(13(12)2)21-18(23)11-22(3)10-14-6-4-5-7-16(14)19/h4-9H,10-11H2,1-3H3,(H,21,23)(H2,20,24,25). The second-order valence-electron chi connectivity index (χ2n) is 6.27. The van der Waals surface area contributed by atoms with E-state index in [0.717, 1.165) is 16.7 Å². The number of rotatable bonds is 6. The molecule has 0 aliphatic rings. The van der Waals surface area contributed by atoms with Crippen molar-refractivity contribution in [3.05, 3.63) is 58.1 Å². The number of primary sulfonamides is 1. The molecule has 0 heterocycles. The van der Waals surface area contributed by atoms with Crippen molar-refractivity contribution < 1.29 is 13.2 Å². The third-order valence-corrected chi connectivity index (χ3v) is 5.32.